The topological polar surface area (TPSA) is 82.3 Å². The van der Waals surface area contributed by atoms with Gasteiger partial charge in [0.05, 0.1) is 17.5 Å². The van der Waals surface area contributed by atoms with E-state index in [2.05, 4.69) is 10.3 Å². The van der Waals surface area contributed by atoms with Crippen molar-refractivity contribution in [3.63, 3.8) is 0 Å². The average Bonchev–Trinajstić information content (AvgIpc) is 2.20. The number of aliphatic imine (C=N–C) groups is 1. The maximum atomic E-state index is 11.2. The highest BCUT2D eigenvalue weighted by atomic mass is 32.2. The molecular formula is C8H13N3O2S2. The Morgan fingerprint density at radius 2 is 2.13 bits per heavy atom. The summed E-state index contributed by atoms with van der Waals surface area (Å²) in [5, 5.41) is 11.5. The van der Waals surface area contributed by atoms with E-state index in [1.54, 1.807) is 6.19 Å². The lowest BCUT2D eigenvalue weighted by atomic mass is 10.2. The summed E-state index contributed by atoms with van der Waals surface area (Å²) in [5.74, 6) is 0.408. The molecule has 0 saturated carbocycles. The molecule has 1 fully saturated rings. The molecule has 1 N–H and O–H groups in total. The highest BCUT2D eigenvalue weighted by molar-refractivity contribution is 8.13. The Morgan fingerprint density at radius 3 is 2.60 bits per heavy atom. The van der Waals surface area contributed by atoms with E-state index in [1.807, 2.05) is 6.26 Å². The number of nitrogens with one attached hydrogen (secondary N) is 1. The molecule has 0 bridgehead atoms. The van der Waals surface area contributed by atoms with Crippen molar-refractivity contribution in [2.45, 2.75) is 18.9 Å². The summed E-state index contributed by atoms with van der Waals surface area (Å²) in [6.45, 7) is 0. The molecule has 1 saturated heterocycles. The molecule has 0 aromatic carbocycles. The standard InChI is InChI=1S/C8H13N3O2S2/c1-14-8(10-6-9)11-7-2-4-15(12,13)5-3-7/h7H,2-5H2,1H3,(H,10,11). The van der Waals surface area contributed by atoms with E-state index >= 15 is 0 Å². The van der Waals surface area contributed by atoms with Crippen LogP contribution in [0.1, 0.15) is 12.8 Å². The number of thioether (sulfide) groups is 1. The Kier molecular flexibility index (Phi) is 4.42. The zero-order valence-electron chi connectivity index (χ0n) is 8.43. The number of sulfone groups is 1. The summed E-state index contributed by atoms with van der Waals surface area (Å²) >= 11 is 1.35. The molecule has 0 spiro atoms. The molecule has 5 nitrogen and oxygen atoms in total. The Balaban J connectivity index is 2.57. The second kappa shape index (κ2) is 5.37. The summed E-state index contributed by atoms with van der Waals surface area (Å²) in [6, 6.07) is 0.0248. The minimum Gasteiger partial charge on any atom is -0.272 e. The van der Waals surface area contributed by atoms with Gasteiger partial charge in [-0.3, -0.25) is 10.3 Å². The first-order chi connectivity index (χ1) is 7.07. The molecular weight excluding hydrogens is 234 g/mol. The normalized spacial score (nSPS) is 22.0. The lowest BCUT2D eigenvalue weighted by Gasteiger charge is -2.18. The van der Waals surface area contributed by atoms with Crippen LogP contribution in [0.2, 0.25) is 0 Å². The lowest BCUT2D eigenvalue weighted by Crippen LogP contribution is -2.27. The third-order valence-electron chi connectivity index (χ3n) is 2.18. The van der Waals surface area contributed by atoms with Gasteiger partial charge in [0.2, 0.25) is 0 Å². The van der Waals surface area contributed by atoms with Gasteiger partial charge < -0.3 is 0 Å². The number of rotatable bonds is 1. The monoisotopic (exact) mass is 247 g/mol. The molecule has 0 unspecified atom stereocenters. The van der Waals surface area contributed by atoms with Crippen molar-refractivity contribution in [2.24, 2.45) is 4.99 Å². The molecule has 0 radical (unpaired) electrons. The minimum absolute atomic E-state index is 0.0248. The second-order valence-electron chi connectivity index (χ2n) is 3.26. The maximum absolute atomic E-state index is 11.2. The van der Waals surface area contributed by atoms with Gasteiger partial charge >= 0.3 is 0 Å². The SMILES string of the molecule is CSC(=NC1CCS(=O)(=O)CC1)NC#N. The van der Waals surface area contributed by atoms with E-state index in [0.29, 0.717) is 18.0 Å². The summed E-state index contributed by atoms with van der Waals surface area (Å²) in [6.07, 6.45) is 4.74. The molecule has 1 heterocycles. The fourth-order valence-electron chi connectivity index (χ4n) is 1.36. The van der Waals surface area contributed by atoms with Crippen LogP contribution in [-0.4, -0.2) is 37.4 Å². The molecule has 0 aliphatic carbocycles. The van der Waals surface area contributed by atoms with E-state index in [4.69, 9.17) is 5.26 Å². The Morgan fingerprint density at radius 1 is 1.53 bits per heavy atom. The van der Waals surface area contributed by atoms with Crippen LogP contribution in [0, 0.1) is 11.5 Å². The van der Waals surface area contributed by atoms with Crippen molar-refractivity contribution < 1.29 is 8.42 Å². The molecule has 0 aromatic heterocycles. The van der Waals surface area contributed by atoms with Crippen molar-refractivity contribution >= 4 is 26.8 Å². The van der Waals surface area contributed by atoms with E-state index < -0.39 is 9.84 Å². The second-order valence-corrected chi connectivity index (χ2v) is 6.36. The van der Waals surface area contributed by atoms with Crippen molar-refractivity contribution in [3.05, 3.63) is 0 Å². The van der Waals surface area contributed by atoms with Gasteiger partial charge in [-0.1, -0.05) is 11.8 Å². The number of nitriles is 1. The zero-order chi connectivity index (χ0) is 11.3. The zero-order valence-corrected chi connectivity index (χ0v) is 10.1. The highest BCUT2D eigenvalue weighted by Gasteiger charge is 2.23. The predicted octanol–water partition coefficient (Wildman–Crippen LogP) is 0.353. The van der Waals surface area contributed by atoms with E-state index in [0.717, 1.165) is 0 Å². The quantitative estimate of drug-likeness (QED) is 0.313. The van der Waals surface area contributed by atoms with Crippen molar-refractivity contribution in [1.29, 1.82) is 5.26 Å². The van der Waals surface area contributed by atoms with Crippen molar-refractivity contribution in [1.82, 2.24) is 5.32 Å². The van der Waals surface area contributed by atoms with Gasteiger partial charge in [0.1, 0.15) is 9.84 Å². The summed E-state index contributed by atoms with van der Waals surface area (Å²) in [4.78, 5) is 4.29. The van der Waals surface area contributed by atoms with E-state index in [9.17, 15) is 8.42 Å². The van der Waals surface area contributed by atoms with Crippen LogP contribution in [0.5, 0.6) is 0 Å². The average molecular weight is 247 g/mol. The highest BCUT2D eigenvalue weighted by Crippen LogP contribution is 2.16. The van der Waals surface area contributed by atoms with Crippen LogP contribution in [0.4, 0.5) is 0 Å². The van der Waals surface area contributed by atoms with Crippen LogP contribution in [-0.2, 0) is 9.84 Å². The Hall–Kier alpha value is -0.740. The molecule has 0 aromatic rings. The van der Waals surface area contributed by atoms with Crippen LogP contribution in [0.25, 0.3) is 0 Å². The molecule has 1 rings (SSSR count). The van der Waals surface area contributed by atoms with Gasteiger partial charge in [0.15, 0.2) is 11.4 Å². The number of hydrogen-bond acceptors (Lipinski definition) is 5. The molecule has 84 valence electrons. The van der Waals surface area contributed by atoms with Gasteiger partial charge in [-0.25, -0.2) is 8.42 Å². The van der Waals surface area contributed by atoms with Gasteiger partial charge in [-0.15, -0.1) is 0 Å². The number of hydrogen-bond donors (Lipinski definition) is 1. The number of amidine groups is 1. The van der Waals surface area contributed by atoms with Crippen LogP contribution < -0.4 is 5.32 Å². The largest absolute Gasteiger partial charge is 0.272 e. The van der Waals surface area contributed by atoms with Crippen molar-refractivity contribution in [3.8, 4) is 6.19 Å². The first-order valence-electron chi connectivity index (χ1n) is 4.54. The smallest absolute Gasteiger partial charge is 0.183 e. The molecule has 1 aliphatic rings. The Labute approximate surface area is 93.9 Å². The maximum Gasteiger partial charge on any atom is 0.183 e. The Bertz CT molecular complexity index is 369. The van der Waals surface area contributed by atoms with Gasteiger partial charge in [-0.2, -0.15) is 5.26 Å². The third-order valence-corrected chi connectivity index (χ3v) is 4.49. The summed E-state index contributed by atoms with van der Waals surface area (Å²) in [7, 11) is -2.83. The molecule has 15 heavy (non-hydrogen) atoms. The first kappa shape index (κ1) is 12.3. The van der Waals surface area contributed by atoms with Gasteiger partial charge in [-0.05, 0) is 19.1 Å². The molecule has 1 aliphatic heterocycles. The molecule has 7 heteroatoms. The minimum atomic E-state index is -2.83. The third kappa shape index (κ3) is 4.10. The fraction of sp³-hybridized carbons (Fsp3) is 0.750. The van der Waals surface area contributed by atoms with E-state index in [1.165, 1.54) is 11.8 Å². The predicted molar refractivity (Wildman–Crippen MR) is 61.4 cm³/mol. The first-order valence-corrected chi connectivity index (χ1v) is 7.59. The van der Waals surface area contributed by atoms with Crippen LogP contribution >= 0.6 is 11.8 Å². The van der Waals surface area contributed by atoms with Crippen LogP contribution in [0.3, 0.4) is 0 Å². The van der Waals surface area contributed by atoms with Crippen molar-refractivity contribution in [2.75, 3.05) is 17.8 Å². The summed E-state index contributed by atoms with van der Waals surface area (Å²) < 4.78 is 22.3. The molecule has 0 atom stereocenters. The lowest BCUT2D eigenvalue weighted by molar-refractivity contribution is 0.548. The van der Waals surface area contributed by atoms with Crippen LogP contribution in [0.15, 0.2) is 4.99 Å². The van der Waals surface area contributed by atoms with Gasteiger partial charge in [0.25, 0.3) is 0 Å². The summed E-state index contributed by atoms with van der Waals surface area (Å²) in [5.41, 5.74) is 0. The molecule has 0 amide bonds. The fourth-order valence-corrected chi connectivity index (χ4v) is 3.23. The number of nitrogens with zero attached hydrogens (tertiary/aromatic N) is 2. The van der Waals surface area contributed by atoms with Gasteiger partial charge in [0, 0.05) is 0 Å². The van der Waals surface area contributed by atoms with E-state index in [-0.39, 0.29) is 17.5 Å².